The lowest BCUT2D eigenvalue weighted by atomic mass is 10.1. The van der Waals surface area contributed by atoms with Gasteiger partial charge in [0.05, 0.1) is 0 Å². The van der Waals surface area contributed by atoms with E-state index in [2.05, 4.69) is 5.32 Å². The molecular weight excluding hydrogens is 410 g/mol. The zero-order valence-corrected chi connectivity index (χ0v) is 18.5. The zero-order valence-electron chi connectivity index (χ0n) is 18.5. The Balaban J connectivity index is 1.72. The fraction of sp³-hybridized carbons (Fsp3) is 0.320. The van der Waals surface area contributed by atoms with Crippen molar-refractivity contribution >= 4 is 23.0 Å². The summed E-state index contributed by atoms with van der Waals surface area (Å²) < 4.78 is 16.1. The third-order valence-electron chi connectivity index (χ3n) is 5.16. The van der Waals surface area contributed by atoms with Gasteiger partial charge in [-0.05, 0) is 43.5 Å². The lowest BCUT2D eigenvalue weighted by Crippen LogP contribution is -2.43. The predicted molar refractivity (Wildman–Crippen MR) is 121 cm³/mol. The molecule has 3 rings (SSSR count). The molecule has 0 spiro atoms. The van der Waals surface area contributed by atoms with E-state index in [0.717, 1.165) is 29.4 Å². The molecule has 7 heteroatoms. The van der Waals surface area contributed by atoms with Crippen LogP contribution in [0.15, 0.2) is 57.7 Å². The van der Waals surface area contributed by atoms with Gasteiger partial charge < -0.3 is 19.2 Å². The van der Waals surface area contributed by atoms with Crippen molar-refractivity contribution < 1.29 is 23.5 Å². The number of rotatable bonds is 8. The molecule has 1 unspecified atom stereocenters. The molecule has 7 nitrogen and oxygen atoms in total. The molecule has 0 aliphatic rings. The van der Waals surface area contributed by atoms with Gasteiger partial charge >= 0.3 is 17.7 Å². The van der Waals surface area contributed by atoms with Crippen LogP contribution in [-0.2, 0) is 16.1 Å². The molecule has 0 saturated carbocycles. The van der Waals surface area contributed by atoms with Crippen molar-refractivity contribution in [3.05, 3.63) is 75.6 Å². The number of benzene rings is 2. The summed E-state index contributed by atoms with van der Waals surface area (Å²) in [5.74, 6) is -0.329. The fourth-order valence-electron chi connectivity index (χ4n) is 3.35. The first kappa shape index (κ1) is 23.1. The number of fused-ring (bicyclic) bond motifs is 1. The molecule has 1 heterocycles. The highest BCUT2D eigenvalue weighted by molar-refractivity contribution is 5.87. The van der Waals surface area contributed by atoms with Gasteiger partial charge in [-0.3, -0.25) is 0 Å². The molecule has 0 bridgehead atoms. The number of alkyl carbamates (subject to hydrolysis) is 1. The van der Waals surface area contributed by atoms with Crippen LogP contribution in [0.4, 0.5) is 4.79 Å². The molecule has 1 aromatic heterocycles. The molecule has 1 N–H and O–H groups in total. The number of esters is 1. The molecule has 1 amide bonds. The molecule has 2 aromatic carbocycles. The highest BCUT2D eigenvalue weighted by Crippen LogP contribution is 2.28. The van der Waals surface area contributed by atoms with Gasteiger partial charge in [0.1, 0.15) is 24.0 Å². The van der Waals surface area contributed by atoms with E-state index in [1.807, 2.05) is 44.2 Å². The second-order valence-corrected chi connectivity index (χ2v) is 7.64. The van der Waals surface area contributed by atoms with E-state index in [1.165, 1.54) is 6.07 Å². The van der Waals surface area contributed by atoms with Crippen LogP contribution in [0.2, 0.25) is 0 Å². The van der Waals surface area contributed by atoms with Crippen molar-refractivity contribution in [3.63, 3.8) is 0 Å². The maximum Gasteiger partial charge on any atom is 0.408 e. The Morgan fingerprint density at radius 3 is 2.56 bits per heavy atom. The number of hydrogen-bond acceptors (Lipinski definition) is 6. The van der Waals surface area contributed by atoms with Crippen LogP contribution in [0.3, 0.4) is 0 Å². The standard InChI is InChI=1S/C25H27NO6/c1-4-5-11-20(26-25(29)30-15-18-9-7-6-8-10-18)24(28)31-21-13-12-19-16(2)14-22(27)32-23(19)17(21)3/h6-10,12-14,20H,4-5,11,15H2,1-3H3,(H,26,29). The van der Waals surface area contributed by atoms with Gasteiger partial charge in [0.25, 0.3) is 0 Å². The van der Waals surface area contributed by atoms with Gasteiger partial charge in [-0.1, -0.05) is 50.1 Å². The van der Waals surface area contributed by atoms with Crippen molar-refractivity contribution in [1.82, 2.24) is 5.32 Å². The van der Waals surface area contributed by atoms with Gasteiger partial charge in [-0.25, -0.2) is 14.4 Å². The van der Waals surface area contributed by atoms with Crippen molar-refractivity contribution in [2.75, 3.05) is 0 Å². The molecule has 3 aromatic rings. The third-order valence-corrected chi connectivity index (χ3v) is 5.16. The Bertz CT molecular complexity index is 1150. The summed E-state index contributed by atoms with van der Waals surface area (Å²) >= 11 is 0. The molecule has 1 atom stereocenters. The lowest BCUT2D eigenvalue weighted by molar-refractivity contribution is -0.136. The van der Waals surface area contributed by atoms with Crippen molar-refractivity contribution in [2.45, 2.75) is 52.7 Å². The summed E-state index contributed by atoms with van der Waals surface area (Å²) in [6.45, 7) is 5.63. The quantitative estimate of drug-likeness (QED) is 0.309. The third kappa shape index (κ3) is 5.75. The normalized spacial score (nSPS) is 11.7. The summed E-state index contributed by atoms with van der Waals surface area (Å²) in [5, 5.41) is 3.38. The Hall–Kier alpha value is -3.61. The fourth-order valence-corrected chi connectivity index (χ4v) is 3.35. The number of hydrogen-bond donors (Lipinski definition) is 1. The SMILES string of the molecule is CCCCC(NC(=O)OCc1ccccc1)C(=O)Oc1ccc2c(C)cc(=O)oc2c1C. The van der Waals surface area contributed by atoms with Gasteiger partial charge in [-0.2, -0.15) is 0 Å². The van der Waals surface area contributed by atoms with E-state index in [9.17, 15) is 14.4 Å². The molecule has 0 saturated heterocycles. The van der Waals surface area contributed by atoms with Crippen molar-refractivity contribution in [1.29, 1.82) is 0 Å². The van der Waals surface area contributed by atoms with Crippen LogP contribution in [0.25, 0.3) is 11.0 Å². The second-order valence-electron chi connectivity index (χ2n) is 7.64. The minimum absolute atomic E-state index is 0.102. The Morgan fingerprint density at radius 1 is 1.09 bits per heavy atom. The topological polar surface area (TPSA) is 94.8 Å². The largest absolute Gasteiger partial charge is 0.445 e. The first-order chi connectivity index (χ1) is 15.4. The minimum atomic E-state index is -0.863. The summed E-state index contributed by atoms with van der Waals surface area (Å²) in [6.07, 6.45) is 1.30. The Morgan fingerprint density at radius 2 is 1.84 bits per heavy atom. The van der Waals surface area contributed by atoms with Gasteiger partial charge in [0.2, 0.25) is 0 Å². The average molecular weight is 437 g/mol. The summed E-state index contributed by atoms with van der Waals surface area (Å²) in [4.78, 5) is 36.9. The molecule has 0 fully saturated rings. The van der Waals surface area contributed by atoms with E-state index < -0.39 is 23.7 Å². The van der Waals surface area contributed by atoms with Crippen LogP contribution in [0.5, 0.6) is 5.75 Å². The van der Waals surface area contributed by atoms with Gasteiger partial charge in [0, 0.05) is 17.0 Å². The maximum atomic E-state index is 12.9. The van der Waals surface area contributed by atoms with Crippen LogP contribution >= 0.6 is 0 Å². The number of carbonyl (C=O) groups excluding carboxylic acids is 2. The number of amides is 1. The Labute approximate surface area is 186 Å². The number of carbonyl (C=O) groups is 2. The van der Waals surface area contributed by atoms with E-state index in [-0.39, 0.29) is 12.4 Å². The highest BCUT2D eigenvalue weighted by atomic mass is 16.6. The monoisotopic (exact) mass is 437 g/mol. The van der Waals surface area contributed by atoms with Crippen LogP contribution in [-0.4, -0.2) is 18.1 Å². The van der Waals surface area contributed by atoms with E-state index in [0.29, 0.717) is 17.6 Å². The number of ether oxygens (including phenoxy) is 2. The molecule has 0 aliphatic carbocycles. The maximum absolute atomic E-state index is 12.9. The number of nitrogens with one attached hydrogen (secondary N) is 1. The highest BCUT2D eigenvalue weighted by Gasteiger charge is 2.24. The first-order valence-corrected chi connectivity index (χ1v) is 10.6. The molecule has 168 valence electrons. The first-order valence-electron chi connectivity index (χ1n) is 10.6. The van der Waals surface area contributed by atoms with Gasteiger partial charge in [0.15, 0.2) is 0 Å². The molecular formula is C25H27NO6. The minimum Gasteiger partial charge on any atom is -0.445 e. The van der Waals surface area contributed by atoms with E-state index in [1.54, 1.807) is 19.1 Å². The van der Waals surface area contributed by atoms with Crippen LogP contribution in [0.1, 0.15) is 42.9 Å². The number of aryl methyl sites for hydroxylation is 2. The summed E-state index contributed by atoms with van der Waals surface area (Å²) in [5.41, 5.74) is 2.07. The van der Waals surface area contributed by atoms with E-state index in [4.69, 9.17) is 13.9 Å². The smallest absolute Gasteiger partial charge is 0.408 e. The summed E-state index contributed by atoms with van der Waals surface area (Å²) in [6, 6.07) is 13.2. The second kappa shape index (κ2) is 10.6. The average Bonchev–Trinajstić information content (AvgIpc) is 2.78. The zero-order chi connectivity index (χ0) is 23.1. The van der Waals surface area contributed by atoms with E-state index >= 15 is 0 Å². The van der Waals surface area contributed by atoms with Gasteiger partial charge in [-0.15, -0.1) is 0 Å². The number of unbranched alkanes of at least 4 members (excludes halogenated alkanes) is 1. The molecule has 0 radical (unpaired) electrons. The van der Waals surface area contributed by atoms with Crippen molar-refractivity contribution in [2.24, 2.45) is 0 Å². The van der Waals surface area contributed by atoms with Crippen LogP contribution < -0.4 is 15.7 Å². The predicted octanol–water partition coefficient (Wildman–Crippen LogP) is 4.80. The van der Waals surface area contributed by atoms with Crippen molar-refractivity contribution in [3.8, 4) is 5.75 Å². The molecule has 32 heavy (non-hydrogen) atoms. The molecule has 0 aliphatic heterocycles. The summed E-state index contributed by atoms with van der Waals surface area (Å²) in [7, 11) is 0. The van der Waals surface area contributed by atoms with Crippen LogP contribution in [0, 0.1) is 13.8 Å². The Kier molecular flexibility index (Phi) is 7.65. The lowest BCUT2D eigenvalue weighted by Gasteiger charge is -2.18.